The van der Waals surface area contributed by atoms with E-state index in [-0.39, 0.29) is 6.04 Å². The normalized spacial score (nSPS) is 39.3. The van der Waals surface area contributed by atoms with Crippen LogP contribution in [0.1, 0.15) is 32.3 Å². The van der Waals surface area contributed by atoms with Crippen molar-refractivity contribution in [3.8, 4) is 5.75 Å². The number of aliphatic hydroxyl groups is 1. The average Bonchev–Trinajstić information content (AvgIpc) is 3.28. The second kappa shape index (κ2) is 6.71. The lowest BCUT2D eigenvalue weighted by atomic mass is 9.48. The number of rotatable bonds is 4. The summed E-state index contributed by atoms with van der Waals surface area (Å²) in [6.45, 7) is 4.76. The molecule has 1 aliphatic carbocycles. The number of likely N-dealkylation sites (N-methyl/N-ethyl adjacent to an activating group) is 1. The van der Waals surface area contributed by atoms with Crippen LogP contribution in [0.3, 0.4) is 0 Å². The van der Waals surface area contributed by atoms with Gasteiger partial charge < -0.3 is 24.6 Å². The van der Waals surface area contributed by atoms with Gasteiger partial charge in [0.05, 0.1) is 13.2 Å². The molecule has 0 amide bonds. The fourth-order valence-corrected chi connectivity index (χ4v) is 7.52. The van der Waals surface area contributed by atoms with Crippen molar-refractivity contribution in [2.75, 3.05) is 32.1 Å². The van der Waals surface area contributed by atoms with Gasteiger partial charge in [-0.1, -0.05) is 25.1 Å². The molecule has 2 N–H and O–H groups in total. The molecule has 1 saturated heterocycles. The van der Waals surface area contributed by atoms with Crippen LogP contribution in [-0.4, -0.2) is 78.1 Å². The standard InChI is InChI=1S/C24H30N2O6/c1-5-22-9-6-11-26-12-10-23(18(22)26)16-8-7-15(31-4)13-17(16)25(3)19(23)24(30,21(28)29)20(22)32-14(2)27/h6-9,13,18-20,30H,5,10-12H2,1-4H3,(H,28,29)/t18-,19+,20+,22+,23-,24-/m0/s1. The van der Waals surface area contributed by atoms with E-state index in [1.54, 1.807) is 7.11 Å². The maximum absolute atomic E-state index is 12.9. The molecule has 6 atom stereocenters. The van der Waals surface area contributed by atoms with Crippen molar-refractivity contribution in [2.24, 2.45) is 5.41 Å². The molecule has 0 aromatic heterocycles. The van der Waals surface area contributed by atoms with Crippen LogP contribution in [0.25, 0.3) is 0 Å². The Bertz CT molecular complexity index is 1030. The quantitative estimate of drug-likeness (QED) is 0.535. The predicted octanol–water partition coefficient (Wildman–Crippen LogP) is 1.55. The lowest BCUT2D eigenvalue weighted by Crippen LogP contribution is -2.81. The van der Waals surface area contributed by atoms with Crippen molar-refractivity contribution in [3.63, 3.8) is 0 Å². The Morgan fingerprint density at radius 2 is 2.03 bits per heavy atom. The minimum absolute atomic E-state index is 0.115. The first-order valence-corrected chi connectivity index (χ1v) is 11.1. The number of fused-ring (bicyclic) bond motifs is 1. The van der Waals surface area contributed by atoms with Crippen LogP contribution in [0.15, 0.2) is 30.4 Å². The molecule has 32 heavy (non-hydrogen) atoms. The third-order valence-corrected chi connectivity index (χ3v) is 8.45. The van der Waals surface area contributed by atoms with E-state index < -0.39 is 40.5 Å². The van der Waals surface area contributed by atoms with E-state index >= 15 is 0 Å². The molecule has 8 nitrogen and oxygen atoms in total. The van der Waals surface area contributed by atoms with E-state index in [1.807, 2.05) is 49.2 Å². The molecule has 3 heterocycles. The van der Waals surface area contributed by atoms with Crippen LogP contribution >= 0.6 is 0 Å². The van der Waals surface area contributed by atoms with Gasteiger partial charge in [0.2, 0.25) is 5.60 Å². The lowest BCUT2D eigenvalue weighted by molar-refractivity contribution is -0.226. The minimum atomic E-state index is -2.31. The molecule has 3 aliphatic heterocycles. The fraction of sp³-hybridized carbons (Fsp3) is 0.583. The van der Waals surface area contributed by atoms with Crippen LogP contribution in [-0.2, 0) is 19.7 Å². The van der Waals surface area contributed by atoms with E-state index in [0.717, 1.165) is 24.3 Å². The molecule has 4 aliphatic rings. The highest BCUT2D eigenvalue weighted by atomic mass is 16.6. The fourth-order valence-electron chi connectivity index (χ4n) is 7.52. The number of carbonyl (C=O) groups excluding carboxylic acids is 1. The molecule has 5 rings (SSSR count). The summed E-state index contributed by atoms with van der Waals surface area (Å²) >= 11 is 0. The predicted molar refractivity (Wildman–Crippen MR) is 117 cm³/mol. The molecular weight excluding hydrogens is 412 g/mol. The Morgan fingerprint density at radius 3 is 2.66 bits per heavy atom. The van der Waals surface area contributed by atoms with Gasteiger partial charge in [-0.3, -0.25) is 9.69 Å². The Morgan fingerprint density at radius 1 is 1.28 bits per heavy atom. The maximum Gasteiger partial charge on any atom is 0.341 e. The van der Waals surface area contributed by atoms with Gasteiger partial charge in [-0.15, -0.1) is 0 Å². The van der Waals surface area contributed by atoms with E-state index in [4.69, 9.17) is 9.47 Å². The number of nitrogens with zero attached hydrogens (tertiary/aromatic N) is 2. The highest BCUT2D eigenvalue weighted by Crippen LogP contribution is 2.67. The van der Waals surface area contributed by atoms with Gasteiger partial charge in [0, 0.05) is 49.1 Å². The second-order valence-electron chi connectivity index (χ2n) is 9.57. The third kappa shape index (κ3) is 2.24. The summed E-state index contributed by atoms with van der Waals surface area (Å²) in [5.41, 5.74) is -1.92. The number of hydrogen-bond donors (Lipinski definition) is 2. The first-order chi connectivity index (χ1) is 15.2. The molecule has 1 saturated carbocycles. The summed E-state index contributed by atoms with van der Waals surface area (Å²) < 4.78 is 11.2. The molecule has 0 bridgehead atoms. The molecule has 8 heteroatoms. The summed E-state index contributed by atoms with van der Waals surface area (Å²) in [7, 11) is 3.41. The summed E-state index contributed by atoms with van der Waals surface area (Å²) in [6.07, 6.45) is 4.03. The van der Waals surface area contributed by atoms with E-state index in [9.17, 15) is 19.8 Å². The monoisotopic (exact) mass is 442 g/mol. The highest BCUT2D eigenvalue weighted by molar-refractivity contribution is 5.85. The van der Waals surface area contributed by atoms with E-state index in [1.165, 1.54) is 6.92 Å². The van der Waals surface area contributed by atoms with Gasteiger partial charge in [-0.25, -0.2) is 4.79 Å². The number of aliphatic carboxylic acids is 1. The number of anilines is 1. The SMILES string of the molecule is CC[C@]12C=CCN3CC[C@]4(c5ccc(OC)cc5N(C)[C@H]4[C@@](O)(C(=O)O)[C@@H]1OC(C)=O)[C@@H]32. The van der Waals surface area contributed by atoms with E-state index in [2.05, 4.69) is 4.90 Å². The van der Waals surface area contributed by atoms with Crippen molar-refractivity contribution in [3.05, 3.63) is 35.9 Å². The average molecular weight is 443 g/mol. The molecule has 172 valence electrons. The Balaban J connectivity index is 1.86. The molecule has 0 radical (unpaired) electrons. The summed E-state index contributed by atoms with van der Waals surface area (Å²) in [6, 6.07) is 4.90. The molecule has 2 fully saturated rings. The largest absolute Gasteiger partial charge is 0.497 e. The van der Waals surface area contributed by atoms with E-state index in [0.29, 0.717) is 18.6 Å². The van der Waals surface area contributed by atoms with Crippen molar-refractivity contribution < 1.29 is 29.3 Å². The van der Waals surface area contributed by atoms with Gasteiger partial charge in [0.1, 0.15) is 5.75 Å². The van der Waals surface area contributed by atoms with Gasteiger partial charge in [0.25, 0.3) is 0 Å². The van der Waals surface area contributed by atoms with Crippen molar-refractivity contribution in [1.82, 2.24) is 4.90 Å². The van der Waals surface area contributed by atoms with Crippen molar-refractivity contribution in [1.29, 1.82) is 0 Å². The van der Waals surface area contributed by atoms with Gasteiger partial charge in [-0.05, 0) is 31.0 Å². The summed E-state index contributed by atoms with van der Waals surface area (Å²) in [4.78, 5) is 29.3. The number of esters is 1. The molecule has 1 aromatic carbocycles. The second-order valence-corrected chi connectivity index (χ2v) is 9.57. The van der Waals surface area contributed by atoms with Crippen LogP contribution < -0.4 is 9.64 Å². The van der Waals surface area contributed by atoms with Crippen LogP contribution in [0.4, 0.5) is 5.69 Å². The van der Waals surface area contributed by atoms with Crippen LogP contribution in [0, 0.1) is 5.41 Å². The Labute approximate surface area is 187 Å². The maximum atomic E-state index is 12.9. The Hall–Kier alpha value is -2.58. The van der Waals surface area contributed by atoms with Crippen LogP contribution in [0.5, 0.6) is 5.75 Å². The number of carbonyl (C=O) groups is 2. The number of hydrogen-bond acceptors (Lipinski definition) is 7. The third-order valence-electron chi connectivity index (χ3n) is 8.45. The summed E-state index contributed by atoms with van der Waals surface area (Å²) in [5, 5.41) is 22.7. The number of methoxy groups -OCH3 is 1. The summed E-state index contributed by atoms with van der Waals surface area (Å²) in [5.74, 6) is -1.30. The zero-order valence-electron chi connectivity index (χ0n) is 18.9. The van der Waals surface area contributed by atoms with Crippen LogP contribution in [0.2, 0.25) is 0 Å². The van der Waals surface area contributed by atoms with Gasteiger partial charge in [0.15, 0.2) is 6.10 Å². The zero-order chi connectivity index (χ0) is 23.1. The Kier molecular flexibility index (Phi) is 4.46. The lowest BCUT2D eigenvalue weighted by Gasteiger charge is -2.63. The smallest absolute Gasteiger partial charge is 0.341 e. The molecule has 0 unspecified atom stereocenters. The number of carboxylic acids is 1. The molecular formula is C24H30N2O6. The van der Waals surface area contributed by atoms with Crippen molar-refractivity contribution in [2.45, 2.75) is 55.9 Å². The molecule has 1 spiro atoms. The van der Waals surface area contributed by atoms with Gasteiger partial charge in [-0.2, -0.15) is 0 Å². The first kappa shape index (κ1) is 21.3. The number of carboxylic acid groups (broad SMARTS) is 1. The first-order valence-electron chi connectivity index (χ1n) is 11.1. The topological polar surface area (TPSA) is 99.5 Å². The number of ether oxygens (including phenoxy) is 2. The highest BCUT2D eigenvalue weighted by Gasteiger charge is 2.80. The molecule has 1 aromatic rings. The zero-order valence-corrected chi connectivity index (χ0v) is 18.9. The van der Waals surface area contributed by atoms with Gasteiger partial charge >= 0.3 is 11.9 Å². The number of benzene rings is 1. The van der Waals surface area contributed by atoms with Crippen molar-refractivity contribution >= 4 is 17.6 Å². The minimum Gasteiger partial charge on any atom is -0.497 e.